The van der Waals surface area contributed by atoms with Crippen LogP contribution in [0.3, 0.4) is 0 Å². The number of carbonyl (C=O) groups excluding carboxylic acids is 1. The van der Waals surface area contributed by atoms with Gasteiger partial charge in [0.2, 0.25) is 5.88 Å². The highest BCUT2D eigenvalue weighted by Crippen LogP contribution is 2.19. The van der Waals surface area contributed by atoms with Gasteiger partial charge >= 0.3 is 0 Å². The molecule has 2 aromatic heterocycles. The molecule has 0 amide bonds. The summed E-state index contributed by atoms with van der Waals surface area (Å²) in [5.41, 5.74) is 1.26. The van der Waals surface area contributed by atoms with Gasteiger partial charge in [0.15, 0.2) is 5.78 Å². The number of fused-ring (bicyclic) bond motifs is 1. The summed E-state index contributed by atoms with van der Waals surface area (Å²) in [6.45, 7) is 3.72. The number of hydrogen-bond donors (Lipinski definition) is 0. The van der Waals surface area contributed by atoms with Crippen molar-refractivity contribution in [1.29, 1.82) is 0 Å². The number of ether oxygens (including phenoxy) is 1. The second-order valence-corrected chi connectivity index (χ2v) is 3.80. The van der Waals surface area contributed by atoms with Crippen molar-refractivity contribution in [3.63, 3.8) is 0 Å². The molecule has 2 heterocycles. The fraction of sp³-hybridized carbons (Fsp3) is 0.364. The number of ketones is 1. The van der Waals surface area contributed by atoms with Crippen molar-refractivity contribution in [2.75, 3.05) is 7.11 Å². The SMILES string of the molecule is COc1ncnn2c(C(=O)C(C)C)ccc12. The summed E-state index contributed by atoms with van der Waals surface area (Å²) < 4.78 is 6.66. The molecule has 0 saturated carbocycles. The Kier molecular flexibility index (Phi) is 2.60. The van der Waals surface area contributed by atoms with Gasteiger partial charge in [0.25, 0.3) is 0 Å². The molecule has 0 spiro atoms. The van der Waals surface area contributed by atoms with E-state index in [-0.39, 0.29) is 11.7 Å². The third kappa shape index (κ3) is 1.54. The van der Waals surface area contributed by atoms with E-state index in [0.717, 1.165) is 0 Å². The van der Waals surface area contributed by atoms with Crippen LogP contribution in [0.2, 0.25) is 0 Å². The van der Waals surface area contributed by atoms with E-state index < -0.39 is 0 Å². The Bertz CT molecular complexity index is 531. The topological polar surface area (TPSA) is 56.5 Å². The molecule has 16 heavy (non-hydrogen) atoms. The Hall–Kier alpha value is -1.91. The van der Waals surface area contributed by atoms with Crippen LogP contribution >= 0.6 is 0 Å². The molecule has 0 unspecified atom stereocenters. The first-order chi connectivity index (χ1) is 7.65. The fourth-order valence-electron chi connectivity index (χ4n) is 1.55. The monoisotopic (exact) mass is 219 g/mol. The minimum atomic E-state index is -0.0564. The normalized spacial score (nSPS) is 11.0. The number of aromatic nitrogens is 3. The average Bonchev–Trinajstić information content (AvgIpc) is 2.71. The summed E-state index contributed by atoms with van der Waals surface area (Å²) in [5, 5.41) is 4.06. The van der Waals surface area contributed by atoms with Crippen LogP contribution in [-0.2, 0) is 0 Å². The lowest BCUT2D eigenvalue weighted by atomic mass is 10.1. The summed E-state index contributed by atoms with van der Waals surface area (Å²) in [5.74, 6) is 0.470. The van der Waals surface area contributed by atoms with E-state index in [2.05, 4.69) is 10.1 Å². The highest BCUT2D eigenvalue weighted by molar-refractivity contribution is 5.97. The second kappa shape index (κ2) is 3.92. The molecular formula is C11H13N3O2. The predicted molar refractivity (Wildman–Crippen MR) is 58.7 cm³/mol. The minimum Gasteiger partial charge on any atom is -0.479 e. The minimum absolute atomic E-state index is 0.0563. The summed E-state index contributed by atoms with van der Waals surface area (Å²) in [7, 11) is 1.54. The summed E-state index contributed by atoms with van der Waals surface area (Å²) >= 11 is 0. The molecule has 0 saturated heterocycles. The van der Waals surface area contributed by atoms with Crippen molar-refractivity contribution in [2.24, 2.45) is 5.92 Å². The Balaban J connectivity index is 2.62. The Morgan fingerprint density at radius 1 is 1.44 bits per heavy atom. The number of hydrogen-bond acceptors (Lipinski definition) is 4. The van der Waals surface area contributed by atoms with E-state index in [4.69, 9.17) is 4.74 Å². The van der Waals surface area contributed by atoms with Crippen LogP contribution in [0.1, 0.15) is 24.3 Å². The molecule has 0 bridgehead atoms. The van der Waals surface area contributed by atoms with Gasteiger partial charge in [0.1, 0.15) is 17.5 Å². The van der Waals surface area contributed by atoms with Crippen LogP contribution in [0, 0.1) is 5.92 Å². The van der Waals surface area contributed by atoms with Crippen molar-refractivity contribution in [3.05, 3.63) is 24.2 Å². The Morgan fingerprint density at radius 2 is 2.19 bits per heavy atom. The molecule has 5 heteroatoms. The first-order valence-electron chi connectivity index (χ1n) is 5.06. The Labute approximate surface area is 93.1 Å². The van der Waals surface area contributed by atoms with E-state index in [0.29, 0.717) is 17.1 Å². The third-order valence-electron chi connectivity index (χ3n) is 2.39. The number of carbonyl (C=O) groups is 1. The van der Waals surface area contributed by atoms with Crippen molar-refractivity contribution in [2.45, 2.75) is 13.8 Å². The van der Waals surface area contributed by atoms with Crippen molar-refractivity contribution < 1.29 is 9.53 Å². The maximum Gasteiger partial charge on any atom is 0.241 e. The smallest absolute Gasteiger partial charge is 0.241 e. The van der Waals surface area contributed by atoms with Gasteiger partial charge in [-0.1, -0.05) is 13.8 Å². The molecule has 84 valence electrons. The predicted octanol–water partition coefficient (Wildman–Crippen LogP) is 1.58. The Morgan fingerprint density at radius 3 is 2.81 bits per heavy atom. The zero-order valence-corrected chi connectivity index (χ0v) is 9.47. The van der Waals surface area contributed by atoms with E-state index in [1.54, 1.807) is 23.8 Å². The number of Topliss-reactive ketones (excluding diaryl/α,β-unsaturated/α-hetero) is 1. The van der Waals surface area contributed by atoms with Crippen LogP contribution < -0.4 is 4.74 Å². The molecule has 0 atom stereocenters. The number of nitrogens with zero attached hydrogens (tertiary/aromatic N) is 3. The highest BCUT2D eigenvalue weighted by atomic mass is 16.5. The van der Waals surface area contributed by atoms with Crippen molar-refractivity contribution in [1.82, 2.24) is 14.6 Å². The first kappa shape index (κ1) is 10.6. The maximum absolute atomic E-state index is 11.9. The zero-order chi connectivity index (χ0) is 11.7. The van der Waals surface area contributed by atoms with Crippen LogP contribution in [0.5, 0.6) is 5.88 Å². The molecule has 0 aliphatic carbocycles. The van der Waals surface area contributed by atoms with Crippen molar-refractivity contribution >= 4 is 11.3 Å². The van der Waals surface area contributed by atoms with Gasteiger partial charge in [0, 0.05) is 5.92 Å². The van der Waals surface area contributed by atoms with Crippen LogP contribution in [0.15, 0.2) is 18.5 Å². The van der Waals surface area contributed by atoms with Crippen LogP contribution in [-0.4, -0.2) is 27.5 Å². The van der Waals surface area contributed by atoms with Gasteiger partial charge in [-0.3, -0.25) is 4.79 Å². The molecular weight excluding hydrogens is 206 g/mol. The molecule has 2 rings (SSSR count). The second-order valence-electron chi connectivity index (χ2n) is 3.80. The summed E-state index contributed by atoms with van der Waals surface area (Å²) in [6.07, 6.45) is 1.38. The lowest BCUT2D eigenvalue weighted by Gasteiger charge is -2.05. The van der Waals surface area contributed by atoms with Gasteiger partial charge in [-0.05, 0) is 12.1 Å². The molecule has 2 aromatic rings. The highest BCUT2D eigenvalue weighted by Gasteiger charge is 2.17. The number of rotatable bonds is 3. The largest absolute Gasteiger partial charge is 0.479 e. The molecule has 0 aromatic carbocycles. The zero-order valence-electron chi connectivity index (χ0n) is 9.47. The van der Waals surface area contributed by atoms with E-state index in [9.17, 15) is 4.79 Å². The summed E-state index contributed by atoms with van der Waals surface area (Å²) in [6, 6.07) is 3.53. The van der Waals surface area contributed by atoms with Gasteiger partial charge < -0.3 is 4.74 Å². The average molecular weight is 219 g/mol. The van der Waals surface area contributed by atoms with E-state index in [1.807, 2.05) is 13.8 Å². The molecule has 0 radical (unpaired) electrons. The first-order valence-corrected chi connectivity index (χ1v) is 5.06. The van der Waals surface area contributed by atoms with Gasteiger partial charge in [-0.15, -0.1) is 0 Å². The van der Waals surface area contributed by atoms with Crippen molar-refractivity contribution in [3.8, 4) is 5.88 Å². The molecule has 0 aliphatic heterocycles. The number of methoxy groups -OCH3 is 1. The molecule has 0 aliphatic rings. The van der Waals surface area contributed by atoms with Crippen LogP contribution in [0.4, 0.5) is 0 Å². The molecule has 0 N–H and O–H groups in total. The lowest BCUT2D eigenvalue weighted by Crippen LogP contribution is -2.12. The van der Waals surface area contributed by atoms with Gasteiger partial charge in [-0.2, -0.15) is 10.1 Å². The third-order valence-corrected chi connectivity index (χ3v) is 2.39. The quantitative estimate of drug-likeness (QED) is 0.735. The molecule has 0 fully saturated rings. The standard InChI is InChI=1S/C11H13N3O2/c1-7(2)10(15)8-4-5-9-11(16-3)12-6-13-14(8)9/h4-7H,1-3H3. The van der Waals surface area contributed by atoms with E-state index >= 15 is 0 Å². The maximum atomic E-state index is 11.9. The summed E-state index contributed by atoms with van der Waals surface area (Å²) in [4.78, 5) is 15.9. The van der Waals surface area contributed by atoms with Crippen LogP contribution in [0.25, 0.3) is 5.52 Å². The van der Waals surface area contributed by atoms with E-state index in [1.165, 1.54) is 6.33 Å². The van der Waals surface area contributed by atoms with Gasteiger partial charge in [0.05, 0.1) is 7.11 Å². The van der Waals surface area contributed by atoms with Gasteiger partial charge in [-0.25, -0.2) is 4.52 Å². The molecule has 5 nitrogen and oxygen atoms in total. The fourth-order valence-corrected chi connectivity index (χ4v) is 1.55. The lowest BCUT2D eigenvalue weighted by molar-refractivity contribution is 0.0932.